The Balaban J connectivity index is 2.79. The van der Waals surface area contributed by atoms with E-state index in [1.807, 2.05) is 0 Å². The number of halogens is 1. The van der Waals surface area contributed by atoms with Gasteiger partial charge in [0.05, 0.1) is 0 Å². The summed E-state index contributed by atoms with van der Waals surface area (Å²) < 4.78 is -0.914. The molecular weight excluding hydrogens is 224 g/mol. The molecular formula is C8H9ClN2O2S. The van der Waals surface area contributed by atoms with Crippen molar-refractivity contribution in [1.82, 2.24) is 10.2 Å². The van der Waals surface area contributed by atoms with E-state index in [0.717, 1.165) is 11.8 Å². The van der Waals surface area contributed by atoms with Gasteiger partial charge in [-0.25, -0.2) is 0 Å². The van der Waals surface area contributed by atoms with Gasteiger partial charge in [-0.05, 0) is 26.0 Å². The van der Waals surface area contributed by atoms with Crippen LogP contribution in [-0.2, 0) is 4.79 Å². The lowest BCUT2D eigenvalue weighted by atomic mass is 10.2. The van der Waals surface area contributed by atoms with E-state index in [2.05, 4.69) is 10.2 Å². The van der Waals surface area contributed by atoms with Crippen LogP contribution in [0.4, 0.5) is 0 Å². The molecule has 0 aliphatic heterocycles. The second kappa shape index (κ2) is 4.14. The lowest BCUT2D eigenvalue weighted by Gasteiger charge is -2.16. The van der Waals surface area contributed by atoms with E-state index < -0.39 is 10.7 Å². The molecule has 76 valence electrons. The van der Waals surface area contributed by atoms with Crippen LogP contribution in [0.2, 0.25) is 5.15 Å². The predicted octanol–water partition coefficient (Wildman–Crippen LogP) is 2.09. The molecule has 6 heteroatoms. The SMILES string of the molecule is CC(C)(Sc1ccc(Cl)nn1)C(=O)O. The Morgan fingerprint density at radius 1 is 1.50 bits per heavy atom. The van der Waals surface area contributed by atoms with Crippen LogP contribution >= 0.6 is 23.4 Å². The van der Waals surface area contributed by atoms with Gasteiger partial charge in [0, 0.05) is 0 Å². The summed E-state index contributed by atoms with van der Waals surface area (Å²) in [5.41, 5.74) is 0. The molecule has 1 aromatic heterocycles. The van der Waals surface area contributed by atoms with E-state index in [1.54, 1.807) is 26.0 Å². The first kappa shape index (κ1) is 11.3. The fourth-order valence-corrected chi connectivity index (χ4v) is 1.59. The maximum atomic E-state index is 10.8. The summed E-state index contributed by atoms with van der Waals surface area (Å²) in [6.07, 6.45) is 0. The number of aliphatic carboxylic acids is 1. The maximum absolute atomic E-state index is 10.8. The number of hydrogen-bond donors (Lipinski definition) is 1. The Labute approximate surface area is 90.7 Å². The highest BCUT2D eigenvalue weighted by Gasteiger charge is 2.29. The van der Waals surface area contributed by atoms with Crippen LogP contribution in [0, 0.1) is 0 Å². The Morgan fingerprint density at radius 3 is 2.57 bits per heavy atom. The Bertz CT molecular complexity index is 340. The smallest absolute Gasteiger partial charge is 0.319 e. The molecule has 4 nitrogen and oxygen atoms in total. The largest absolute Gasteiger partial charge is 0.480 e. The van der Waals surface area contributed by atoms with E-state index >= 15 is 0 Å². The van der Waals surface area contributed by atoms with Crippen molar-refractivity contribution in [3.05, 3.63) is 17.3 Å². The highest BCUT2D eigenvalue weighted by Crippen LogP contribution is 2.30. The molecule has 0 atom stereocenters. The summed E-state index contributed by atoms with van der Waals surface area (Å²) in [6.45, 7) is 3.21. The predicted molar refractivity (Wildman–Crippen MR) is 54.6 cm³/mol. The van der Waals surface area contributed by atoms with Gasteiger partial charge in [-0.1, -0.05) is 23.4 Å². The van der Waals surface area contributed by atoms with Crippen molar-refractivity contribution in [3.8, 4) is 0 Å². The van der Waals surface area contributed by atoms with Gasteiger partial charge in [-0.3, -0.25) is 4.79 Å². The van der Waals surface area contributed by atoms with Crippen molar-refractivity contribution in [2.75, 3.05) is 0 Å². The summed E-state index contributed by atoms with van der Waals surface area (Å²) in [5, 5.41) is 17.1. The number of rotatable bonds is 3. The van der Waals surface area contributed by atoms with E-state index in [1.165, 1.54) is 0 Å². The highest BCUT2D eigenvalue weighted by molar-refractivity contribution is 8.01. The third kappa shape index (κ3) is 2.85. The number of thioether (sulfide) groups is 1. The molecule has 1 N–H and O–H groups in total. The number of carboxylic acids is 1. The number of carbonyl (C=O) groups is 1. The van der Waals surface area contributed by atoms with Crippen molar-refractivity contribution < 1.29 is 9.90 Å². The molecule has 14 heavy (non-hydrogen) atoms. The molecule has 0 aliphatic carbocycles. The summed E-state index contributed by atoms with van der Waals surface area (Å²) in [6, 6.07) is 3.22. The Kier molecular flexibility index (Phi) is 3.34. The molecule has 0 saturated heterocycles. The minimum absolute atomic E-state index is 0.294. The third-order valence-electron chi connectivity index (χ3n) is 1.48. The van der Waals surface area contributed by atoms with Gasteiger partial charge in [-0.2, -0.15) is 0 Å². The molecule has 0 spiro atoms. The molecule has 0 unspecified atom stereocenters. The van der Waals surface area contributed by atoms with Crippen molar-refractivity contribution in [2.45, 2.75) is 23.6 Å². The van der Waals surface area contributed by atoms with Crippen molar-refractivity contribution in [1.29, 1.82) is 0 Å². The Morgan fingerprint density at radius 2 is 2.14 bits per heavy atom. The third-order valence-corrected chi connectivity index (χ3v) is 2.80. The fourth-order valence-electron chi connectivity index (χ4n) is 0.663. The van der Waals surface area contributed by atoms with Crippen LogP contribution in [0.1, 0.15) is 13.8 Å². The van der Waals surface area contributed by atoms with Gasteiger partial charge in [0.1, 0.15) is 9.77 Å². The first-order valence-corrected chi connectivity index (χ1v) is 5.03. The zero-order valence-electron chi connectivity index (χ0n) is 7.69. The lowest BCUT2D eigenvalue weighted by Crippen LogP contribution is -2.27. The molecule has 1 rings (SSSR count). The van der Waals surface area contributed by atoms with E-state index in [-0.39, 0.29) is 0 Å². The monoisotopic (exact) mass is 232 g/mol. The van der Waals surface area contributed by atoms with Crippen LogP contribution in [0.5, 0.6) is 0 Å². The van der Waals surface area contributed by atoms with Gasteiger partial charge in [0.2, 0.25) is 0 Å². The van der Waals surface area contributed by atoms with Crippen LogP contribution in [0.3, 0.4) is 0 Å². The van der Waals surface area contributed by atoms with Crippen LogP contribution in [0.15, 0.2) is 17.2 Å². The zero-order chi connectivity index (χ0) is 10.8. The number of nitrogens with zero attached hydrogens (tertiary/aromatic N) is 2. The van der Waals surface area contributed by atoms with Crippen molar-refractivity contribution >= 4 is 29.3 Å². The zero-order valence-corrected chi connectivity index (χ0v) is 9.26. The molecule has 0 fully saturated rings. The van der Waals surface area contributed by atoms with E-state index in [0.29, 0.717) is 10.2 Å². The normalized spacial score (nSPS) is 11.4. The Hall–Kier alpha value is -0.810. The fraction of sp³-hybridized carbons (Fsp3) is 0.375. The van der Waals surface area contributed by atoms with Crippen molar-refractivity contribution in [2.24, 2.45) is 0 Å². The first-order chi connectivity index (χ1) is 6.42. The molecule has 0 aliphatic rings. The summed E-state index contributed by atoms with van der Waals surface area (Å²) in [5.74, 6) is -0.890. The summed E-state index contributed by atoms with van der Waals surface area (Å²) in [7, 11) is 0. The average Bonchev–Trinajstić information content (AvgIpc) is 2.08. The molecule has 0 bridgehead atoms. The standard InChI is InChI=1S/C8H9ClN2O2S/c1-8(2,7(12)13)14-6-4-3-5(9)10-11-6/h3-4H,1-2H3,(H,12,13). The molecule has 0 saturated carbocycles. The number of aromatic nitrogens is 2. The summed E-state index contributed by atoms with van der Waals surface area (Å²) in [4.78, 5) is 10.8. The molecule has 1 heterocycles. The second-order valence-corrected chi connectivity index (χ2v) is 5.14. The van der Waals surface area contributed by atoms with Crippen LogP contribution in [0.25, 0.3) is 0 Å². The minimum atomic E-state index is -0.914. The number of hydrogen-bond acceptors (Lipinski definition) is 4. The minimum Gasteiger partial charge on any atom is -0.480 e. The van der Waals surface area contributed by atoms with Gasteiger partial charge >= 0.3 is 5.97 Å². The van der Waals surface area contributed by atoms with Crippen LogP contribution < -0.4 is 0 Å². The van der Waals surface area contributed by atoms with Gasteiger partial charge in [0.25, 0.3) is 0 Å². The maximum Gasteiger partial charge on any atom is 0.319 e. The van der Waals surface area contributed by atoms with Crippen LogP contribution in [-0.4, -0.2) is 26.0 Å². The second-order valence-electron chi connectivity index (χ2n) is 3.11. The highest BCUT2D eigenvalue weighted by atomic mass is 35.5. The average molecular weight is 233 g/mol. The molecule has 0 radical (unpaired) electrons. The quantitative estimate of drug-likeness (QED) is 0.809. The van der Waals surface area contributed by atoms with E-state index in [4.69, 9.17) is 16.7 Å². The van der Waals surface area contributed by atoms with Gasteiger partial charge in [0.15, 0.2) is 5.15 Å². The van der Waals surface area contributed by atoms with Gasteiger partial charge < -0.3 is 5.11 Å². The first-order valence-electron chi connectivity index (χ1n) is 3.83. The van der Waals surface area contributed by atoms with Gasteiger partial charge in [-0.15, -0.1) is 10.2 Å². The molecule has 0 aromatic carbocycles. The topological polar surface area (TPSA) is 63.1 Å². The lowest BCUT2D eigenvalue weighted by molar-refractivity contribution is -0.138. The number of carboxylic acid groups (broad SMARTS) is 1. The summed E-state index contributed by atoms with van der Waals surface area (Å²) >= 11 is 6.68. The molecule has 1 aromatic rings. The molecule has 0 amide bonds. The van der Waals surface area contributed by atoms with Crippen molar-refractivity contribution in [3.63, 3.8) is 0 Å². The van der Waals surface area contributed by atoms with E-state index in [9.17, 15) is 4.79 Å².